The Labute approximate surface area is 114 Å². The van der Waals surface area contributed by atoms with Gasteiger partial charge in [0.2, 0.25) is 11.8 Å². The monoisotopic (exact) mass is 265 g/mol. The molecule has 0 aromatic carbocycles. The Hall–Kier alpha value is -1.10. The van der Waals surface area contributed by atoms with Gasteiger partial charge in [0.25, 0.3) is 0 Å². The summed E-state index contributed by atoms with van der Waals surface area (Å²) in [5.74, 6) is 0.0862. The highest BCUT2D eigenvalue weighted by Gasteiger charge is 2.45. The first-order valence-electron chi connectivity index (χ1n) is 7.38. The third-order valence-corrected chi connectivity index (χ3v) is 4.80. The van der Waals surface area contributed by atoms with Crippen molar-refractivity contribution in [3.8, 4) is 0 Å². The SMILES string of the molecule is NC(=O)CN1CCCC2(CCC(=O)N(C3CC3)C2)C1. The van der Waals surface area contributed by atoms with Crippen molar-refractivity contribution in [2.45, 2.75) is 44.6 Å². The number of primary amides is 1. The van der Waals surface area contributed by atoms with Gasteiger partial charge in [-0.25, -0.2) is 0 Å². The second-order valence-corrected chi connectivity index (χ2v) is 6.53. The van der Waals surface area contributed by atoms with E-state index in [1.807, 2.05) is 0 Å². The molecule has 1 spiro atoms. The maximum Gasteiger partial charge on any atom is 0.231 e. The zero-order chi connectivity index (χ0) is 13.5. The largest absolute Gasteiger partial charge is 0.369 e. The minimum absolute atomic E-state index is 0.212. The molecule has 5 heteroatoms. The van der Waals surface area contributed by atoms with Crippen molar-refractivity contribution in [1.29, 1.82) is 0 Å². The lowest BCUT2D eigenvalue weighted by Gasteiger charge is -2.48. The molecule has 1 atom stereocenters. The Morgan fingerprint density at radius 1 is 1.32 bits per heavy atom. The van der Waals surface area contributed by atoms with E-state index in [0.29, 0.717) is 24.9 Å². The van der Waals surface area contributed by atoms with Gasteiger partial charge in [0, 0.05) is 31.0 Å². The number of likely N-dealkylation sites (tertiary alicyclic amines) is 2. The summed E-state index contributed by atoms with van der Waals surface area (Å²) in [5.41, 5.74) is 5.52. The van der Waals surface area contributed by atoms with E-state index >= 15 is 0 Å². The topological polar surface area (TPSA) is 66.6 Å². The Morgan fingerprint density at radius 2 is 2.11 bits per heavy atom. The number of piperidine rings is 2. The van der Waals surface area contributed by atoms with Crippen LogP contribution in [0.5, 0.6) is 0 Å². The van der Waals surface area contributed by atoms with Crippen molar-refractivity contribution < 1.29 is 9.59 Å². The Balaban J connectivity index is 1.67. The molecule has 2 N–H and O–H groups in total. The number of nitrogens with zero attached hydrogens (tertiary/aromatic N) is 2. The summed E-state index contributed by atoms with van der Waals surface area (Å²) >= 11 is 0. The number of rotatable bonds is 3. The summed E-state index contributed by atoms with van der Waals surface area (Å²) in [4.78, 5) is 27.4. The summed E-state index contributed by atoms with van der Waals surface area (Å²) in [7, 11) is 0. The molecular weight excluding hydrogens is 242 g/mol. The normalized spacial score (nSPS) is 32.8. The number of carbonyl (C=O) groups excluding carboxylic acids is 2. The van der Waals surface area contributed by atoms with Crippen LogP contribution in [0.1, 0.15) is 38.5 Å². The van der Waals surface area contributed by atoms with E-state index in [1.54, 1.807) is 0 Å². The maximum absolute atomic E-state index is 12.0. The van der Waals surface area contributed by atoms with Gasteiger partial charge >= 0.3 is 0 Å². The molecule has 3 aliphatic rings. The van der Waals surface area contributed by atoms with Crippen LogP contribution in [0, 0.1) is 5.41 Å². The smallest absolute Gasteiger partial charge is 0.231 e. The predicted octanol–water partition coefficient (Wildman–Crippen LogP) is 0.339. The zero-order valence-corrected chi connectivity index (χ0v) is 11.4. The standard InChI is InChI=1S/C14H23N3O2/c15-12(18)8-16-7-1-5-14(9-16)6-4-13(19)17(10-14)11-2-3-11/h11H,1-10H2,(H2,15,18). The van der Waals surface area contributed by atoms with E-state index in [2.05, 4.69) is 9.80 Å². The second kappa shape index (κ2) is 4.78. The summed E-state index contributed by atoms with van der Waals surface area (Å²) in [6, 6.07) is 0.510. The van der Waals surface area contributed by atoms with Crippen molar-refractivity contribution >= 4 is 11.8 Å². The van der Waals surface area contributed by atoms with E-state index in [1.165, 1.54) is 19.3 Å². The molecule has 2 aliphatic heterocycles. The minimum atomic E-state index is -0.247. The van der Waals surface area contributed by atoms with Gasteiger partial charge in [0.1, 0.15) is 0 Å². The lowest BCUT2D eigenvalue weighted by molar-refractivity contribution is -0.140. The number of hydrogen-bond acceptors (Lipinski definition) is 3. The quantitative estimate of drug-likeness (QED) is 0.800. The molecule has 0 bridgehead atoms. The highest BCUT2D eigenvalue weighted by Crippen LogP contribution is 2.42. The summed E-state index contributed by atoms with van der Waals surface area (Å²) in [5, 5.41) is 0. The van der Waals surface area contributed by atoms with Crippen LogP contribution in [0.15, 0.2) is 0 Å². The van der Waals surface area contributed by atoms with Crippen LogP contribution in [0.25, 0.3) is 0 Å². The molecule has 1 unspecified atom stereocenters. The Morgan fingerprint density at radius 3 is 2.79 bits per heavy atom. The molecule has 3 rings (SSSR count). The average molecular weight is 265 g/mol. The van der Waals surface area contributed by atoms with E-state index in [0.717, 1.165) is 32.5 Å². The maximum atomic E-state index is 12.0. The molecule has 2 amide bonds. The lowest BCUT2D eigenvalue weighted by atomic mass is 9.73. The van der Waals surface area contributed by atoms with Crippen molar-refractivity contribution in [3.05, 3.63) is 0 Å². The van der Waals surface area contributed by atoms with Crippen LogP contribution in [0.2, 0.25) is 0 Å². The van der Waals surface area contributed by atoms with E-state index in [4.69, 9.17) is 5.73 Å². The summed E-state index contributed by atoms with van der Waals surface area (Å²) < 4.78 is 0. The minimum Gasteiger partial charge on any atom is -0.369 e. The molecule has 3 fully saturated rings. The molecule has 0 aromatic heterocycles. The first-order chi connectivity index (χ1) is 9.08. The molecule has 2 saturated heterocycles. The van der Waals surface area contributed by atoms with Gasteiger partial charge in [-0.2, -0.15) is 0 Å². The van der Waals surface area contributed by atoms with Gasteiger partial charge < -0.3 is 10.6 Å². The number of carbonyl (C=O) groups is 2. The Kier molecular flexibility index (Phi) is 3.25. The van der Waals surface area contributed by atoms with Gasteiger partial charge in [0.05, 0.1) is 6.54 Å². The third kappa shape index (κ3) is 2.76. The molecule has 1 aliphatic carbocycles. The molecular formula is C14H23N3O2. The molecule has 19 heavy (non-hydrogen) atoms. The van der Waals surface area contributed by atoms with E-state index in [9.17, 15) is 9.59 Å². The molecule has 2 heterocycles. The van der Waals surface area contributed by atoms with Gasteiger partial charge in [-0.15, -0.1) is 0 Å². The molecule has 5 nitrogen and oxygen atoms in total. The fourth-order valence-corrected chi connectivity index (χ4v) is 3.76. The fraction of sp³-hybridized carbons (Fsp3) is 0.857. The predicted molar refractivity (Wildman–Crippen MR) is 71.3 cm³/mol. The van der Waals surface area contributed by atoms with Gasteiger partial charge in [-0.05, 0) is 38.6 Å². The molecule has 1 saturated carbocycles. The van der Waals surface area contributed by atoms with Crippen molar-refractivity contribution in [1.82, 2.24) is 9.80 Å². The van der Waals surface area contributed by atoms with Gasteiger partial charge in [-0.1, -0.05) is 0 Å². The number of amides is 2. The van der Waals surface area contributed by atoms with Crippen LogP contribution < -0.4 is 5.73 Å². The van der Waals surface area contributed by atoms with Crippen LogP contribution in [0.4, 0.5) is 0 Å². The second-order valence-electron chi connectivity index (χ2n) is 6.53. The molecule has 106 valence electrons. The van der Waals surface area contributed by atoms with Crippen molar-refractivity contribution in [2.24, 2.45) is 11.1 Å². The fourth-order valence-electron chi connectivity index (χ4n) is 3.76. The van der Waals surface area contributed by atoms with Crippen molar-refractivity contribution in [3.63, 3.8) is 0 Å². The van der Waals surface area contributed by atoms with Gasteiger partial charge in [-0.3, -0.25) is 14.5 Å². The van der Waals surface area contributed by atoms with E-state index in [-0.39, 0.29) is 11.3 Å². The highest BCUT2D eigenvalue weighted by molar-refractivity contribution is 5.78. The highest BCUT2D eigenvalue weighted by atomic mass is 16.2. The van der Waals surface area contributed by atoms with Gasteiger partial charge in [0.15, 0.2) is 0 Å². The van der Waals surface area contributed by atoms with Crippen LogP contribution >= 0.6 is 0 Å². The molecule has 0 aromatic rings. The van der Waals surface area contributed by atoms with Crippen molar-refractivity contribution in [2.75, 3.05) is 26.2 Å². The zero-order valence-electron chi connectivity index (χ0n) is 11.4. The lowest BCUT2D eigenvalue weighted by Crippen LogP contribution is -2.55. The number of nitrogens with two attached hydrogens (primary N) is 1. The van der Waals surface area contributed by atoms with Crippen LogP contribution in [-0.2, 0) is 9.59 Å². The number of hydrogen-bond donors (Lipinski definition) is 1. The average Bonchev–Trinajstić information content (AvgIpc) is 3.16. The summed E-state index contributed by atoms with van der Waals surface area (Å²) in [6.07, 6.45) is 6.30. The Bertz CT molecular complexity index is 394. The first-order valence-corrected chi connectivity index (χ1v) is 7.38. The third-order valence-electron chi connectivity index (χ3n) is 4.80. The van der Waals surface area contributed by atoms with E-state index < -0.39 is 0 Å². The first kappa shape index (κ1) is 12.9. The summed E-state index contributed by atoms with van der Waals surface area (Å²) in [6.45, 7) is 3.14. The molecule has 0 radical (unpaired) electrons. The van der Waals surface area contributed by atoms with Crippen LogP contribution in [-0.4, -0.2) is 53.8 Å². The van der Waals surface area contributed by atoms with Crippen LogP contribution in [0.3, 0.4) is 0 Å².